The molecule has 0 saturated carbocycles. The van der Waals surface area contributed by atoms with Crippen LogP contribution in [0.3, 0.4) is 0 Å². The van der Waals surface area contributed by atoms with Gasteiger partial charge in [-0.25, -0.2) is 4.39 Å². The molecule has 1 unspecified atom stereocenters. The third-order valence-electron chi connectivity index (χ3n) is 2.99. The highest BCUT2D eigenvalue weighted by molar-refractivity contribution is 7.10. The maximum Gasteiger partial charge on any atom is 0.313 e. The molecule has 2 amide bonds. The molecule has 1 atom stereocenters. The number of hydrogen-bond acceptors (Lipinski definition) is 4. The monoisotopic (exact) mass is 322 g/mol. The second kappa shape index (κ2) is 7.15. The van der Waals surface area contributed by atoms with Crippen LogP contribution in [0.4, 0.5) is 10.1 Å². The summed E-state index contributed by atoms with van der Waals surface area (Å²) in [5.41, 5.74) is 0.847. The van der Waals surface area contributed by atoms with Crippen molar-refractivity contribution < 1.29 is 19.1 Å². The molecule has 1 heterocycles. The molecule has 116 valence electrons. The van der Waals surface area contributed by atoms with Gasteiger partial charge in [-0.05, 0) is 36.1 Å². The van der Waals surface area contributed by atoms with E-state index in [1.807, 2.05) is 18.4 Å². The van der Waals surface area contributed by atoms with Gasteiger partial charge in [-0.2, -0.15) is 0 Å². The van der Waals surface area contributed by atoms with E-state index in [2.05, 4.69) is 10.6 Å². The van der Waals surface area contributed by atoms with E-state index in [1.54, 1.807) is 6.07 Å². The van der Waals surface area contributed by atoms with Crippen LogP contribution in [0.5, 0.6) is 0 Å². The highest BCUT2D eigenvalue weighted by Crippen LogP contribution is 2.23. The first-order valence-corrected chi connectivity index (χ1v) is 7.42. The number of anilines is 1. The lowest BCUT2D eigenvalue weighted by Crippen LogP contribution is -2.37. The Morgan fingerprint density at radius 3 is 2.64 bits per heavy atom. The summed E-state index contributed by atoms with van der Waals surface area (Å²) in [6.07, 6.45) is -0.884. The van der Waals surface area contributed by atoms with Gasteiger partial charge in [0.1, 0.15) is 11.9 Å². The molecule has 3 N–H and O–H groups in total. The number of hydrogen-bond donors (Lipinski definition) is 3. The second-order valence-electron chi connectivity index (χ2n) is 4.63. The molecule has 2 aromatic rings. The van der Waals surface area contributed by atoms with Gasteiger partial charge >= 0.3 is 11.8 Å². The Bertz CT molecular complexity index is 687. The van der Waals surface area contributed by atoms with Crippen LogP contribution in [-0.2, 0) is 9.59 Å². The van der Waals surface area contributed by atoms with E-state index in [-0.39, 0.29) is 12.2 Å². The molecule has 7 heteroatoms. The average Bonchev–Trinajstić information content (AvgIpc) is 2.93. The quantitative estimate of drug-likeness (QED) is 0.753. The van der Waals surface area contributed by atoms with Gasteiger partial charge in [0.15, 0.2) is 0 Å². The molecular formula is C15H15FN2O3S. The molecule has 0 bridgehead atoms. The van der Waals surface area contributed by atoms with Gasteiger partial charge < -0.3 is 15.7 Å². The van der Waals surface area contributed by atoms with Crippen molar-refractivity contribution in [1.82, 2.24) is 5.32 Å². The maximum atomic E-state index is 13.4. The fourth-order valence-corrected chi connectivity index (χ4v) is 2.74. The van der Waals surface area contributed by atoms with Crippen LogP contribution in [-0.4, -0.2) is 23.5 Å². The molecule has 0 saturated heterocycles. The van der Waals surface area contributed by atoms with Gasteiger partial charge in [0, 0.05) is 11.4 Å². The average molecular weight is 322 g/mol. The van der Waals surface area contributed by atoms with Crippen molar-refractivity contribution in [3.05, 3.63) is 52.0 Å². The number of carbonyl (C=O) groups excluding carboxylic acids is 2. The Hall–Kier alpha value is -2.25. The van der Waals surface area contributed by atoms with Crippen molar-refractivity contribution >= 4 is 28.8 Å². The van der Waals surface area contributed by atoms with Crippen molar-refractivity contribution in [3.63, 3.8) is 0 Å². The lowest BCUT2D eigenvalue weighted by Gasteiger charge is -2.11. The Kier molecular flexibility index (Phi) is 5.24. The molecule has 2 rings (SSSR count). The predicted octanol–water partition coefficient (Wildman–Crippen LogP) is 1.98. The number of halogens is 1. The first kappa shape index (κ1) is 16.1. The zero-order valence-electron chi connectivity index (χ0n) is 11.8. The van der Waals surface area contributed by atoms with Crippen LogP contribution in [0.15, 0.2) is 35.7 Å². The molecular weight excluding hydrogens is 307 g/mol. The molecule has 5 nitrogen and oxygen atoms in total. The summed E-state index contributed by atoms with van der Waals surface area (Å²) < 4.78 is 13.4. The number of thiophene rings is 1. The van der Waals surface area contributed by atoms with Crippen molar-refractivity contribution in [2.45, 2.75) is 13.0 Å². The van der Waals surface area contributed by atoms with Crippen molar-refractivity contribution in [1.29, 1.82) is 0 Å². The Morgan fingerprint density at radius 1 is 1.27 bits per heavy atom. The van der Waals surface area contributed by atoms with Gasteiger partial charge in [-0.15, -0.1) is 11.3 Å². The summed E-state index contributed by atoms with van der Waals surface area (Å²) >= 11 is 1.37. The van der Waals surface area contributed by atoms with E-state index in [9.17, 15) is 19.1 Å². The molecule has 1 aromatic heterocycles. The lowest BCUT2D eigenvalue weighted by atomic mass is 10.2. The third kappa shape index (κ3) is 3.90. The molecule has 0 fully saturated rings. The minimum Gasteiger partial charge on any atom is -0.386 e. The summed E-state index contributed by atoms with van der Waals surface area (Å²) in [6.45, 7) is 1.76. The highest BCUT2D eigenvalue weighted by atomic mass is 32.1. The summed E-state index contributed by atoms with van der Waals surface area (Å²) in [5, 5.41) is 16.3. The zero-order valence-corrected chi connectivity index (χ0v) is 12.6. The van der Waals surface area contributed by atoms with Crippen molar-refractivity contribution in [2.75, 3.05) is 11.9 Å². The molecule has 22 heavy (non-hydrogen) atoms. The van der Waals surface area contributed by atoms with E-state index in [4.69, 9.17) is 0 Å². The minimum atomic E-state index is -0.986. The van der Waals surface area contributed by atoms with E-state index in [0.717, 1.165) is 10.4 Å². The van der Waals surface area contributed by atoms with E-state index in [0.29, 0.717) is 0 Å². The molecule has 0 radical (unpaired) electrons. The maximum absolute atomic E-state index is 13.4. The first-order valence-electron chi connectivity index (χ1n) is 6.55. The normalized spacial score (nSPS) is 11.8. The number of nitrogens with one attached hydrogen (secondary N) is 2. The first-order chi connectivity index (χ1) is 10.5. The van der Waals surface area contributed by atoms with Crippen LogP contribution < -0.4 is 10.6 Å². The number of rotatable bonds is 4. The molecule has 1 aromatic carbocycles. The fourth-order valence-electron chi connectivity index (χ4n) is 1.83. The Labute approximate surface area is 130 Å². The van der Waals surface area contributed by atoms with E-state index < -0.39 is 23.7 Å². The Morgan fingerprint density at radius 2 is 2.00 bits per heavy atom. The van der Waals surface area contributed by atoms with Crippen LogP contribution in [0.2, 0.25) is 0 Å². The number of benzene rings is 1. The van der Waals surface area contributed by atoms with Gasteiger partial charge in [-0.1, -0.05) is 12.1 Å². The molecule has 0 aliphatic heterocycles. The van der Waals surface area contributed by atoms with Crippen LogP contribution >= 0.6 is 11.3 Å². The van der Waals surface area contributed by atoms with Crippen LogP contribution in [0.1, 0.15) is 16.5 Å². The summed E-state index contributed by atoms with van der Waals surface area (Å²) in [7, 11) is 0. The van der Waals surface area contributed by atoms with Crippen molar-refractivity contribution in [3.8, 4) is 0 Å². The van der Waals surface area contributed by atoms with Crippen LogP contribution in [0.25, 0.3) is 0 Å². The van der Waals surface area contributed by atoms with Crippen LogP contribution in [0, 0.1) is 12.7 Å². The number of aliphatic hydroxyl groups excluding tert-OH is 1. The standard InChI is InChI=1S/C15H15FN2O3S/c1-9-6-7-22-13(9)12(19)8-17-14(20)15(21)18-11-5-3-2-4-10(11)16/h2-7,12,19H,8H2,1H3,(H,17,20)(H,18,21). The number of amides is 2. The Balaban J connectivity index is 1.88. The van der Waals surface area contributed by atoms with Gasteiger partial charge in [-0.3, -0.25) is 9.59 Å². The smallest absolute Gasteiger partial charge is 0.313 e. The van der Waals surface area contributed by atoms with Gasteiger partial charge in [0.25, 0.3) is 0 Å². The predicted molar refractivity (Wildman–Crippen MR) is 82.1 cm³/mol. The van der Waals surface area contributed by atoms with E-state index >= 15 is 0 Å². The minimum absolute atomic E-state index is 0.0719. The van der Waals surface area contributed by atoms with Crippen molar-refractivity contribution in [2.24, 2.45) is 0 Å². The van der Waals surface area contributed by atoms with E-state index in [1.165, 1.54) is 29.5 Å². The number of aryl methyl sites for hydroxylation is 1. The van der Waals surface area contributed by atoms with Gasteiger partial charge in [0.2, 0.25) is 0 Å². The third-order valence-corrected chi connectivity index (χ3v) is 4.11. The largest absolute Gasteiger partial charge is 0.386 e. The topological polar surface area (TPSA) is 78.4 Å². The molecule has 0 spiro atoms. The summed E-state index contributed by atoms with van der Waals surface area (Å²) in [4.78, 5) is 24.1. The second-order valence-corrected chi connectivity index (χ2v) is 5.58. The number of aliphatic hydroxyl groups is 1. The lowest BCUT2D eigenvalue weighted by molar-refractivity contribution is -0.136. The fraction of sp³-hybridized carbons (Fsp3) is 0.200. The number of carbonyl (C=O) groups is 2. The highest BCUT2D eigenvalue weighted by Gasteiger charge is 2.18. The zero-order chi connectivity index (χ0) is 16.1. The summed E-state index contributed by atoms with van der Waals surface area (Å²) in [6, 6.07) is 7.40. The number of para-hydroxylation sites is 1. The summed E-state index contributed by atoms with van der Waals surface area (Å²) in [5.74, 6) is -2.55. The molecule has 0 aliphatic rings. The molecule has 0 aliphatic carbocycles. The van der Waals surface area contributed by atoms with Gasteiger partial charge in [0.05, 0.1) is 5.69 Å². The SMILES string of the molecule is Cc1ccsc1C(O)CNC(=O)C(=O)Nc1ccccc1F.